The van der Waals surface area contributed by atoms with Crippen LogP contribution in [0.1, 0.15) is 46.0 Å². The Bertz CT molecular complexity index is 685. The van der Waals surface area contributed by atoms with Crippen molar-refractivity contribution in [2.24, 2.45) is 24.3 Å². The van der Waals surface area contributed by atoms with Crippen LogP contribution in [0.2, 0.25) is 0 Å². The van der Waals surface area contributed by atoms with Gasteiger partial charge >= 0.3 is 5.97 Å². The Morgan fingerprint density at radius 2 is 2.21 bits per heavy atom. The molecule has 130 valence electrons. The fourth-order valence-electron chi connectivity index (χ4n) is 4.29. The van der Waals surface area contributed by atoms with Crippen molar-refractivity contribution in [2.45, 2.75) is 51.6 Å². The van der Waals surface area contributed by atoms with E-state index in [1.165, 1.54) is 18.4 Å². The van der Waals surface area contributed by atoms with Crippen LogP contribution in [0.5, 0.6) is 5.75 Å². The van der Waals surface area contributed by atoms with Crippen molar-refractivity contribution in [3.63, 3.8) is 0 Å². The summed E-state index contributed by atoms with van der Waals surface area (Å²) in [6.45, 7) is 5.19. The van der Waals surface area contributed by atoms with Gasteiger partial charge < -0.3 is 9.47 Å². The van der Waals surface area contributed by atoms with Crippen molar-refractivity contribution < 1.29 is 14.3 Å². The van der Waals surface area contributed by atoms with Gasteiger partial charge in [-0.1, -0.05) is 25.5 Å². The number of carbonyl (C=O) groups is 1. The van der Waals surface area contributed by atoms with E-state index in [-0.39, 0.29) is 5.97 Å². The molecule has 1 aromatic heterocycles. The maximum Gasteiger partial charge on any atom is 0.350 e. The molecule has 0 aliphatic heterocycles. The SMILES string of the molecule is Cn1cc(OC2(C(=O)OCCC3=CC[C@H]4C[C@@H]3C4(C)C)CC2)cn1. The van der Waals surface area contributed by atoms with Gasteiger partial charge in [0.15, 0.2) is 5.75 Å². The molecule has 5 rings (SSSR count). The number of ether oxygens (including phenoxy) is 2. The van der Waals surface area contributed by atoms with Crippen LogP contribution < -0.4 is 4.74 Å². The Morgan fingerprint density at radius 1 is 1.42 bits per heavy atom. The van der Waals surface area contributed by atoms with Gasteiger partial charge in [-0.2, -0.15) is 5.10 Å². The first-order valence-electron chi connectivity index (χ1n) is 8.94. The average Bonchev–Trinajstić information content (AvgIpc) is 3.22. The van der Waals surface area contributed by atoms with Crippen molar-refractivity contribution in [3.05, 3.63) is 24.0 Å². The van der Waals surface area contributed by atoms with Gasteiger partial charge in [0.1, 0.15) is 0 Å². The van der Waals surface area contributed by atoms with Crippen molar-refractivity contribution >= 4 is 5.97 Å². The highest BCUT2D eigenvalue weighted by molar-refractivity contribution is 5.83. The first-order chi connectivity index (χ1) is 11.4. The first kappa shape index (κ1) is 15.7. The van der Waals surface area contributed by atoms with E-state index in [2.05, 4.69) is 25.0 Å². The topological polar surface area (TPSA) is 53.4 Å². The summed E-state index contributed by atoms with van der Waals surface area (Å²) in [6.07, 6.45) is 10.6. The molecule has 0 unspecified atom stereocenters. The maximum atomic E-state index is 12.4. The Balaban J connectivity index is 1.29. The molecule has 0 amide bonds. The fraction of sp³-hybridized carbons (Fsp3) is 0.684. The van der Waals surface area contributed by atoms with Crippen molar-refractivity contribution in [3.8, 4) is 5.75 Å². The number of carbonyl (C=O) groups excluding carboxylic acids is 1. The predicted octanol–water partition coefficient (Wildman–Crippen LogP) is 3.26. The van der Waals surface area contributed by atoms with Crippen LogP contribution in [0.15, 0.2) is 24.0 Å². The van der Waals surface area contributed by atoms with E-state index in [0.717, 1.165) is 25.2 Å². The zero-order chi connectivity index (χ0) is 16.9. The fourth-order valence-corrected chi connectivity index (χ4v) is 4.29. The molecule has 1 aromatic rings. The Kier molecular flexibility index (Phi) is 3.52. The molecular formula is C19H26N2O3. The molecule has 2 atom stereocenters. The summed E-state index contributed by atoms with van der Waals surface area (Å²) in [5, 5.41) is 4.07. The summed E-state index contributed by atoms with van der Waals surface area (Å²) < 4.78 is 13.0. The zero-order valence-corrected chi connectivity index (χ0v) is 14.7. The lowest BCUT2D eigenvalue weighted by Gasteiger charge is -2.56. The number of hydrogen-bond acceptors (Lipinski definition) is 4. The van der Waals surface area contributed by atoms with Gasteiger partial charge in [0.2, 0.25) is 5.60 Å². The number of fused-ring (bicyclic) bond motifs is 1. The molecule has 4 aliphatic carbocycles. The molecule has 1 heterocycles. The molecule has 0 radical (unpaired) electrons. The molecule has 0 spiro atoms. The number of aryl methyl sites for hydroxylation is 1. The number of allylic oxidation sites excluding steroid dienone is 1. The van der Waals surface area contributed by atoms with Crippen LogP contribution in [-0.4, -0.2) is 28.0 Å². The smallest absolute Gasteiger partial charge is 0.350 e. The van der Waals surface area contributed by atoms with Gasteiger partial charge in [-0.25, -0.2) is 4.79 Å². The lowest BCUT2D eigenvalue weighted by molar-refractivity contribution is -0.154. The second kappa shape index (κ2) is 5.36. The number of nitrogens with zero attached hydrogens (tertiary/aromatic N) is 2. The van der Waals surface area contributed by atoms with Crippen LogP contribution >= 0.6 is 0 Å². The van der Waals surface area contributed by atoms with Gasteiger partial charge in [0.25, 0.3) is 0 Å². The van der Waals surface area contributed by atoms with E-state index in [1.807, 2.05) is 7.05 Å². The minimum atomic E-state index is -0.773. The highest BCUT2D eigenvalue weighted by Gasteiger charge is 2.55. The van der Waals surface area contributed by atoms with Crippen molar-refractivity contribution in [1.29, 1.82) is 0 Å². The molecule has 2 fully saturated rings. The quantitative estimate of drug-likeness (QED) is 0.593. The third-order valence-electron chi connectivity index (χ3n) is 6.28. The molecule has 0 saturated heterocycles. The Labute approximate surface area is 143 Å². The van der Waals surface area contributed by atoms with Gasteiger partial charge in [0.05, 0.1) is 19.0 Å². The van der Waals surface area contributed by atoms with Gasteiger partial charge in [-0.3, -0.25) is 4.68 Å². The van der Waals surface area contributed by atoms with Crippen molar-refractivity contribution in [1.82, 2.24) is 9.78 Å². The third-order valence-corrected chi connectivity index (χ3v) is 6.28. The molecule has 0 aromatic carbocycles. The summed E-state index contributed by atoms with van der Waals surface area (Å²) in [5.74, 6) is 1.92. The normalized spacial score (nSPS) is 28.5. The minimum Gasteiger partial charge on any atom is -0.472 e. The summed E-state index contributed by atoms with van der Waals surface area (Å²) in [4.78, 5) is 12.4. The molecule has 5 nitrogen and oxygen atoms in total. The predicted molar refractivity (Wildman–Crippen MR) is 89.5 cm³/mol. The number of hydrogen-bond donors (Lipinski definition) is 0. The van der Waals surface area contributed by atoms with Crippen LogP contribution in [-0.2, 0) is 16.6 Å². The van der Waals surface area contributed by atoms with E-state index in [0.29, 0.717) is 23.7 Å². The van der Waals surface area contributed by atoms with Gasteiger partial charge in [0, 0.05) is 26.3 Å². The van der Waals surface area contributed by atoms with E-state index in [4.69, 9.17) is 9.47 Å². The number of rotatable bonds is 6. The van der Waals surface area contributed by atoms with E-state index < -0.39 is 5.60 Å². The molecule has 2 bridgehead atoms. The van der Waals surface area contributed by atoms with E-state index >= 15 is 0 Å². The second-order valence-corrected chi connectivity index (χ2v) is 8.15. The maximum absolute atomic E-state index is 12.4. The first-order valence-corrected chi connectivity index (χ1v) is 8.94. The highest BCUT2D eigenvalue weighted by atomic mass is 16.6. The van der Waals surface area contributed by atoms with Crippen LogP contribution in [0.3, 0.4) is 0 Å². The van der Waals surface area contributed by atoms with E-state index in [1.54, 1.807) is 17.1 Å². The van der Waals surface area contributed by atoms with Crippen molar-refractivity contribution in [2.75, 3.05) is 6.61 Å². The Morgan fingerprint density at radius 3 is 2.79 bits per heavy atom. The largest absolute Gasteiger partial charge is 0.472 e. The summed E-state index contributed by atoms with van der Waals surface area (Å²) in [5.41, 5.74) is 1.13. The lowest BCUT2D eigenvalue weighted by atomic mass is 9.48. The Hall–Kier alpha value is -1.78. The van der Waals surface area contributed by atoms with Gasteiger partial charge in [-0.05, 0) is 30.1 Å². The standard InChI is InChI=1S/C19H26N2O3/c1-18(2)14-5-4-13(16(18)10-14)6-9-23-17(22)19(7-8-19)24-15-11-20-21(3)12-15/h4,11-12,14,16H,5-10H2,1-3H3/t14-,16-/m0/s1. The molecule has 0 N–H and O–H groups in total. The zero-order valence-electron chi connectivity index (χ0n) is 14.7. The highest BCUT2D eigenvalue weighted by Crippen LogP contribution is 2.59. The van der Waals surface area contributed by atoms with E-state index in [9.17, 15) is 4.79 Å². The average molecular weight is 330 g/mol. The molecular weight excluding hydrogens is 304 g/mol. The molecule has 2 saturated carbocycles. The summed E-state index contributed by atoms with van der Waals surface area (Å²) in [6, 6.07) is 0. The van der Waals surface area contributed by atoms with Crippen LogP contribution in [0.4, 0.5) is 0 Å². The third kappa shape index (κ3) is 2.54. The summed E-state index contributed by atoms with van der Waals surface area (Å²) in [7, 11) is 1.83. The second-order valence-electron chi connectivity index (χ2n) is 8.15. The lowest BCUT2D eigenvalue weighted by Crippen LogP contribution is -2.48. The number of esters is 1. The van der Waals surface area contributed by atoms with Crippen LogP contribution in [0, 0.1) is 17.3 Å². The van der Waals surface area contributed by atoms with Crippen LogP contribution in [0.25, 0.3) is 0 Å². The molecule has 4 aliphatic rings. The minimum absolute atomic E-state index is 0.228. The van der Waals surface area contributed by atoms with Gasteiger partial charge in [-0.15, -0.1) is 0 Å². The molecule has 5 heteroatoms. The molecule has 24 heavy (non-hydrogen) atoms. The monoisotopic (exact) mass is 330 g/mol. The number of aromatic nitrogens is 2. The summed E-state index contributed by atoms with van der Waals surface area (Å²) >= 11 is 0.